The molecule has 0 aromatic rings. The molecule has 5 unspecified atom stereocenters. The van der Waals surface area contributed by atoms with Crippen LogP contribution in [0.3, 0.4) is 0 Å². The minimum Gasteiger partial charge on any atom is -0.480 e. The number of nitrogens with two attached hydrogens (primary N) is 2. The molecule has 1 aliphatic rings. The van der Waals surface area contributed by atoms with E-state index < -0.39 is 59.9 Å². The third-order valence-electron chi connectivity index (χ3n) is 5.19. The van der Waals surface area contributed by atoms with Crippen molar-refractivity contribution in [2.75, 3.05) is 6.54 Å². The fourth-order valence-electron chi connectivity index (χ4n) is 3.30. The highest BCUT2D eigenvalue weighted by Gasteiger charge is 2.39. The first kappa shape index (κ1) is 26.3. The molecule has 0 aromatic carbocycles. The van der Waals surface area contributed by atoms with Crippen molar-refractivity contribution in [1.82, 2.24) is 15.5 Å². The largest absolute Gasteiger partial charge is 0.480 e. The van der Waals surface area contributed by atoms with Gasteiger partial charge in [-0.3, -0.25) is 19.2 Å². The highest BCUT2D eigenvalue weighted by Crippen LogP contribution is 2.20. The van der Waals surface area contributed by atoms with E-state index in [-0.39, 0.29) is 25.3 Å². The number of aliphatic carboxylic acids is 1. The Morgan fingerprint density at radius 2 is 1.74 bits per heavy atom. The van der Waals surface area contributed by atoms with E-state index in [0.717, 1.165) is 0 Å². The van der Waals surface area contributed by atoms with Crippen LogP contribution in [0.1, 0.15) is 46.5 Å². The van der Waals surface area contributed by atoms with Crippen LogP contribution in [0.2, 0.25) is 0 Å². The number of carboxylic acid groups (broad SMARTS) is 1. The number of carbonyl (C=O) groups is 5. The van der Waals surface area contributed by atoms with Crippen LogP contribution in [0, 0.1) is 5.92 Å². The van der Waals surface area contributed by atoms with Crippen molar-refractivity contribution in [2.24, 2.45) is 17.4 Å². The summed E-state index contributed by atoms with van der Waals surface area (Å²) in [6.07, 6.45) is -0.638. The highest BCUT2D eigenvalue weighted by atomic mass is 16.4. The van der Waals surface area contributed by atoms with Crippen LogP contribution in [-0.2, 0) is 24.0 Å². The summed E-state index contributed by atoms with van der Waals surface area (Å²) in [5.74, 6) is -4.23. The normalized spacial score (nSPS) is 19.9. The van der Waals surface area contributed by atoms with Gasteiger partial charge in [-0.15, -0.1) is 0 Å². The minimum absolute atomic E-state index is 0.110. The molecule has 1 rings (SSSR count). The molecule has 4 amide bonds. The summed E-state index contributed by atoms with van der Waals surface area (Å²) < 4.78 is 0. The van der Waals surface area contributed by atoms with Crippen molar-refractivity contribution in [1.29, 1.82) is 0 Å². The lowest BCUT2D eigenvalue weighted by molar-refractivity contribution is -0.146. The van der Waals surface area contributed by atoms with Gasteiger partial charge in [0.2, 0.25) is 23.6 Å². The molecule has 31 heavy (non-hydrogen) atoms. The molecule has 12 nitrogen and oxygen atoms in total. The zero-order valence-electron chi connectivity index (χ0n) is 18.0. The molecule has 1 aliphatic heterocycles. The van der Waals surface area contributed by atoms with Gasteiger partial charge in [-0.05, 0) is 32.1 Å². The number of carbonyl (C=O) groups excluding carboxylic acids is 4. The zero-order chi connectivity index (χ0) is 23.9. The summed E-state index contributed by atoms with van der Waals surface area (Å²) >= 11 is 0. The van der Waals surface area contributed by atoms with Gasteiger partial charge in [0.15, 0.2) is 0 Å². The van der Waals surface area contributed by atoms with Crippen LogP contribution in [0.25, 0.3) is 0 Å². The Morgan fingerprint density at radius 1 is 1.13 bits per heavy atom. The van der Waals surface area contributed by atoms with Gasteiger partial charge in [-0.1, -0.05) is 13.8 Å². The lowest BCUT2D eigenvalue weighted by atomic mass is 10.0. The van der Waals surface area contributed by atoms with Crippen LogP contribution in [0.15, 0.2) is 0 Å². The first-order valence-corrected chi connectivity index (χ1v) is 10.2. The number of nitrogens with zero attached hydrogens (tertiary/aromatic N) is 1. The van der Waals surface area contributed by atoms with Crippen molar-refractivity contribution in [2.45, 2.75) is 76.7 Å². The molecule has 0 spiro atoms. The van der Waals surface area contributed by atoms with Gasteiger partial charge in [-0.2, -0.15) is 0 Å². The predicted octanol–water partition coefficient (Wildman–Crippen LogP) is -2.34. The van der Waals surface area contributed by atoms with Gasteiger partial charge in [-0.25, -0.2) is 4.79 Å². The SMILES string of the molecule is CC(C)C(NC(=O)C1CCCN1C(=O)C(CCC(N)=O)NC(=O)C(N)C(C)O)C(=O)O. The Balaban J connectivity index is 2.99. The van der Waals surface area contributed by atoms with E-state index in [2.05, 4.69) is 10.6 Å². The van der Waals surface area contributed by atoms with E-state index in [0.29, 0.717) is 12.8 Å². The standard InChI is InChI=1S/C19H33N5O7/c1-9(2)15(19(30)31)23-16(27)12-5-4-8-24(12)18(29)11(6-7-13(20)26)22-17(28)14(21)10(3)25/h9-12,14-15,25H,4-8,21H2,1-3H3,(H2,20,26)(H,22,28)(H,23,27)(H,30,31). The number of aliphatic hydroxyl groups excluding tert-OH is 1. The molecule has 1 heterocycles. The van der Waals surface area contributed by atoms with Crippen molar-refractivity contribution in [3.8, 4) is 0 Å². The second kappa shape index (κ2) is 11.6. The number of primary amides is 1. The van der Waals surface area contributed by atoms with E-state index in [1.54, 1.807) is 13.8 Å². The molecule has 12 heteroatoms. The maximum atomic E-state index is 13.1. The first-order valence-electron chi connectivity index (χ1n) is 10.2. The lowest BCUT2D eigenvalue weighted by Gasteiger charge is -2.30. The van der Waals surface area contributed by atoms with Crippen LogP contribution < -0.4 is 22.1 Å². The zero-order valence-corrected chi connectivity index (χ0v) is 18.0. The van der Waals surface area contributed by atoms with E-state index >= 15 is 0 Å². The number of nitrogens with one attached hydrogen (secondary N) is 2. The van der Waals surface area contributed by atoms with Crippen molar-refractivity contribution in [3.05, 3.63) is 0 Å². The van der Waals surface area contributed by atoms with Crippen molar-refractivity contribution in [3.63, 3.8) is 0 Å². The first-order chi connectivity index (χ1) is 14.4. The topological polar surface area (TPSA) is 205 Å². The number of rotatable bonds is 11. The third kappa shape index (κ3) is 7.47. The van der Waals surface area contributed by atoms with E-state index in [9.17, 15) is 34.2 Å². The fraction of sp³-hybridized carbons (Fsp3) is 0.737. The number of hydrogen-bond donors (Lipinski definition) is 6. The summed E-state index contributed by atoms with van der Waals surface area (Å²) in [6, 6.07) is -4.49. The molecule has 1 fully saturated rings. The quantitative estimate of drug-likeness (QED) is 0.203. The smallest absolute Gasteiger partial charge is 0.326 e. The summed E-state index contributed by atoms with van der Waals surface area (Å²) in [6.45, 7) is 4.84. The molecular weight excluding hydrogens is 410 g/mol. The summed E-state index contributed by atoms with van der Waals surface area (Å²) in [4.78, 5) is 61.9. The van der Waals surface area contributed by atoms with Gasteiger partial charge >= 0.3 is 5.97 Å². The highest BCUT2D eigenvalue weighted by molar-refractivity contribution is 5.94. The van der Waals surface area contributed by atoms with Crippen LogP contribution in [-0.4, -0.2) is 81.5 Å². The Kier molecular flexibility index (Phi) is 9.85. The molecule has 0 bridgehead atoms. The van der Waals surface area contributed by atoms with Gasteiger partial charge in [0.05, 0.1) is 6.10 Å². The predicted molar refractivity (Wildman–Crippen MR) is 109 cm³/mol. The summed E-state index contributed by atoms with van der Waals surface area (Å²) in [7, 11) is 0. The maximum Gasteiger partial charge on any atom is 0.326 e. The third-order valence-corrected chi connectivity index (χ3v) is 5.19. The summed E-state index contributed by atoms with van der Waals surface area (Å²) in [5.41, 5.74) is 10.8. The Morgan fingerprint density at radius 3 is 2.23 bits per heavy atom. The molecule has 0 aliphatic carbocycles. The molecule has 0 saturated carbocycles. The average Bonchev–Trinajstić information content (AvgIpc) is 3.16. The van der Waals surface area contributed by atoms with E-state index in [4.69, 9.17) is 11.5 Å². The van der Waals surface area contributed by atoms with Gasteiger partial charge in [0.1, 0.15) is 24.2 Å². The van der Waals surface area contributed by atoms with E-state index in [1.165, 1.54) is 11.8 Å². The van der Waals surface area contributed by atoms with Gasteiger partial charge in [0.25, 0.3) is 0 Å². The number of amides is 4. The molecule has 1 saturated heterocycles. The molecule has 8 N–H and O–H groups in total. The second-order valence-electron chi connectivity index (χ2n) is 8.09. The van der Waals surface area contributed by atoms with Gasteiger partial charge in [0, 0.05) is 13.0 Å². The Labute approximate surface area is 180 Å². The van der Waals surface area contributed by atoms with Crippen molar-refractivity contribution >= 4 is 29.6 Å². The molecule has 0 radical (unpaired) electrons. The molecule has 0 aromatic heterocycles. The number of carboxylic acids is 1. The van der Waals surface area contributed by atoms with Crippen LogP contribution >= 0.6 is 0 Å². The number of aliphatic hydroxyl groups is 1. The second-order valence-corrected chi connectivity index (χ2v) is 8.09. The number of likely N-dealkylation sites (tertiary alicyclic amines) is 1. The maximum absolute atomic E-state index is 13.1. The molecule has 5 atom stereocenters. The lowest BCUT2D eigenvalue weighted by Crippen LogP contribution is -2.58. The van der Waals surface area contributed by atoms with Crippen LogP contribution in [0.5, 0.6) is 0 Å². The average molecular weight is 444 g/mol. The molecule has 176 valence electrons. The molecular formula is C19H33N5O7. The number of hydrogen-bond acceptors (Lipinski definition) is 7. The summed E-state index contributed by atoms with van der Waals surface area (Å²) in [5, 5.41) is 23.7. The Hall–Kier alpha value is -2.73. The monoisotopic (exact) mass is 443 g/mol. The van der Waals surface area contributed by atoms with E-state index in [1.807, 2.05) is 0 Å². The fourth-order valence-corrected chi connectivity index (χ4v) is 3.30. The van der Waals surface area contributed by atoms with Crippen molar-refractivity contribution < 1.29 is 34.2 Å². The Bertz CT molecular complexity index is 697. The van der Waals surface area contributed by atoms with Gasteiger partial charge < -0.3 is 37.2 Å². The van der Waals surface area contributed by atoms with Crippen LogP contribution in [0.4, 0.5) is 0 Å². The minimum atomic E-state index is -1.29.